The van der Waals surface area contributed by atoms with Crippen LogP contribution in [0.15, 0.2) is 0 Å². The molecule has 1 aliphatic heterocycles. The minimum absolute atomic E-state index is 0.117. The van der Waals surface area contributed by atoms with Crippen LogP contribution in [0.2, 0.25) is 0 Å². The number of nitrogens with zero attached hydrogens (tertiary/aromatic N) is 1. The van der Waals surface area contributed by atoms with Gasteiger partial charge in [0.15, 0.2) is 0 Å². The molecule has 0 spiro atoms. The van der Waals surface area contributed by atoms with E-state index in [2.05, 4.69) is 0 Å². The third kappa shape index (κ3) is 3.18. The highest BCUT2D eigenvalue weighted by molar-refractivity contribution is 5.77. The van der Waals surface area contributed by atoms with Gasteiger partial charge in [-0.2, -0.15) is 0 Å². The summed E-state index contributed by atoms with van der Waals surface area (Å²) in [6.45, 7) is 1.32. The lowest BCUT2D eigenvalue weighted by Crippen LogP contribution is -2.49. The van der Waals surface area contributed by atoms with Crippen molar-refractivity contribution in [2.45, 2.75) is 18.9 Å². The van der Waals surface area contributed by atoms with E-state index in [1.54, 1.807) is 0 Å². The monoisotopic (exact) mass is 230 g/mol. The van der Waals surface area contributed by atoms with E-state index in [0.717, 1.165) is 0 Å². The molecule has 1 fully saturated rings. The molecule has 3 N–H and O–H groups in total. The van der Waals surface area contributed by atoms with Gasteiger partial charge < -0.3 is 15.6 Å². The lowest BCUT2D eigenvalue weighted by Gasteiger charge is -2.34. The first-order valence-corrected chi connectivity index (χ1v) is 5.31. The van der Waals surface area contributed by atoms with Gasteiger partial charge in [0.2, 0.25) is 5.91 Å². The van der Waals surface area contributed by atoms with Gasteiger partial charge >= 0.3 is 5.97 Å². The number of piperidine rings is 1. The van der Waals surface area contributed by atoms with Gasteiger partial charge in [0, 0.05) is 13.0 Å². The number of carboxylic acid groups (broad SMARTS) is 1. The molecule has 1 atom stereocenters. The summed E-state index contributed by atoms with van der Waals surface area (Å²) in [7, 11) is 1.48. The maximum atomic E-state index is 11.0. The SMILES string of the molecule is COCC(C(=O)O)N1CCC(C(N)=O)CC1. The molecule has 0 aromatic rings. The Balaban J connectivity index is 2.50. The van der Waals surface area contributed by atoms with E-state index in [1.165, 1.54) is 7.11 Å². The van der Waals surface area contributed by atoms with Crippen molar-refractivity contribution in [2.75, 3.05) is 26.8 Å². The van der Waals surface area contributed by atoms with Crippen LogP contribution in [0.1, 0.15) is 12.8 Å². The molecule has 0 radical (unpaired) electrons. The Kier molecular flexibility index (Phi) is 4.70. The third-order valence-corrected chi connectivity index (χ3v) is 2.98. The Morgan fingerprint density at radius 2 is 2.06 bits per heavy atom. The molecular formula is C10H18N2O4. The number of carbonyl (C=O) groups is 2. The summed E-state index contributed by atoms with van der Waals surface area (Å²) in [6, 6.07) is -0.626. The van der Waals surface area contributed by atoms with Crippen LogP contribution < -0.4 is 5.73 Å². The lowest BCUT2D eigenvalue weighted by atomic mass is 9.95. The Morgan fingerprint density at radius 3 is 2.44 bits per heavy atom. The largest absolute Gasteiger partial charge is 0.480 e. The van der Waals surface area contributed by atoms with Gasteiger partial charge in [-0.05, 0) is 25.9 Å². The van der Waals surface area contributed by atoms with Crippen LogP contribution in [0.5, 0.6) is 0 Å². The molecule has 0 aliphatic carbocycles. The molecule has 1 saturated heterocycles. The van der Waals surface area contributed by atoms with Gasteiger partial charge in [-0.15, -0.1) is 0 Å². The number of carbonyl (C=O) groups excluding carboxylic acids is 1. The van der Waals surface area contributed by atoms with Gasteiger partial charge in [-0.25, -0.2) is 0 Å². The second-order valence-corrected chi connectivity index (χ2v) is 4.02. The van der Waals surface area contributed by atoms with Gasteiger partial charge in [0.05, 0.1) is 6.61 Å². The molecule has 6 heteroatoms. The van der Waals surface area contributed by atoms with E-state index in [4.69, 9.17) is 15.6 Å². The first-order chi connectivity index (χ1) is 7.56. The third-order valence-electron chi connectivity index (χ3n) is 2.98. The van der Waals surface area contributed by atoms with Gasteiger partial charge in [0.1, 0.15) is 6.04 Å². The molecule has 0 aromatic carbocycles. The number of hydrogen-bond donors (Lipinski definition) is 2. The molecule has 1 rings (SSSR count). The van der Waals surface area contributed by atoms with Crippen LogP contribution in [0.4, 0.5) is 0 Å². The number of likely N-dealkylation sites (tertiary alicyclic amines) is 1. The van der Waals surface area contributed by atoms with Crippen LogP contribution in [0.25, 0.3) is 0 Å². The van der Waals surface area contributed by atoms with Crippen molar-refractivity contribution in [1.82, 2.24) is 4.90 Å². The highest BCUT2D eigenvalue weighted by Gasteiger charge is 2.31. The molecule has 1 amide bonds. The Labute approximate surface area is 94.3 Å². The quantitative estimate of drug-likeness (QED) is 0.650. The molecule has 1 unspecified atom stereocenters. The Bertz CT molecular complexity index is 262. The summed E-state index contributed by atoms with van der Waals surface area (Å²) in [5, 5.41) is 9.02. The number of amides is 1. The predicted molar refractivity (Wildman–Crippen MR) is 56.8 cm³/mol. The number of ether oxygens (including phenoxy) is 1. The zero-order valence-corrected chi connectivity index (χ0v) is 9.39. The predicted octanol–water partition coefficient (Wildman–Crippen LogP) is -0.717. The van der Waals surface area contributed by atoms with Gasteiger partial charge in [0.25, 0.3) is 0 Å². The number of primary amides is 1. The number of rotatable bonds is 5. The summed E-state index contributed by atoms with van der Waals surface area (Å²) in [6.07, 6.45) is 1.26. The van der Waals surface area contributed by atoms with Crippen LogP contribution in [-0.2, 0) is 14.3 Å². The summed E-state index contributed by atoms with van der Waals surface area (Å²) < 4.78 is 4.88. The van der Waals surface area contributed by atoms with Crippen molar-refractivity contribution >= 4 is 11.9 Å². The van der Waals surface area contributed by atoms with Crippen molar-refractivity contribution in [3.05, 3.63) is 0 Å². The van der Waals surface area contributed by atoms with E-state index in [1.807, 2.05) is 4.90 Å². The van der Waals surface area contributed by atoms with Crippen molar-refractivity contribution in [1.29, 1.82) is 0 Å². The highest BCUT2D eigenvalue weighted by Crippen LogP contribution is 2.18. The highest BCUT2D eigenvalue weighted by atomic mass is 16.5. The molecule has 16 heavy (non-hydrogen) atoms. The number of carboxylic acids is 1. The molecule has 0 saturated carbocycles. The average molecular weight is 230 g/mol. The summed E-state index contributed by atoms with van der Waals surface area (Å²) in [5.41, 5.74) is 5.21. The van der Waals surface area contributed by atoms with Crippen molar-refractivity contribution in [2.24, 2.45) is 11.7 Å². The van der Waals surface area contributed by atoms with E-state index in [-0.39, 0.29) is 18.4 Å². The van der Waals surface area contributed by atoms with Crippen LogP contribution in [-0.4, -0.2) is 54.7 Å². The van der Waals surface area contributed by atoms with Crippen LogP contribution in [0.3, 0.4) is 0 Å². The maximum absolute atomic E-state index is 11.0. The minimum atomic E-state index is -0.889. The second-order valence-electron chi connectivity index (χ2n) is 4.02. The molecule has 6 nitrogen and oxygen atoms in total. The maximum Gasteiger partial charge on any atom is 0.323 e. The van der Waals surface area contributed by atoms with E-state index >= 15 is 0 Å². The van der Waals surface area contributed by atoms with Crippen LogP contribution in [0, 0.1) is 5.92 Å². The fourth-order valence-electron chi connectivity index (χ4n) is 1.99. The number of nitrogens with two attached hydrogens (primary N) is 1. The van der Waals surface area contributed by atoms with Crippen molar-refractivity contribution < 1.29 is 19.4 Å². The minimum Gasteiger partial charge on any atom is -0.480 e. The van der Waals surface area contributed by atoms with Crippen LogP contribution >= 0.6 is 0 Å². The fraction of sp³-hybridized carbons (Fsp3) is 0.800. The average Bonchev–Trinajstić information content (AvgIpc) is 2.25. The van der Waals surface area contributed by atoms with E-state index in [0.29, 0.717) is 25.9 Å². The molecular weight excluding hydrogens is 212 g/mol. The second kappa shape index (κ2) is 5.81. The normalized spacial score (nSPS) is 20.6. The van der Waals surface area contributed by atoms with Gasteiger partial charge in [-0.1, -0.05) is 0 Å². The van der Waals surface area contributed by atoms with Crippen molar-refractivity contribution in [3.8, 4) is 0 Å². The fourth-order valence-corrected chi connectivity index (χ4v) is 1.99. The van der Waals surface area contributed by atoms with Crippen molar-refractivity contribution in [3.63, 3.8) is 0 Å². The summed E-state index contributed by atoms with van der Waals surface area (Å²) in [4.78, 5) is 23.8. The molecule has 1 aliphatic rings. The molecule has 1 heterocycles. The number of aliphatic carboxylic acids is 1. The Hall–Kier alpha value is -1.14. The molecule has 92 valence electrons. The molecule has 0 bridgehead atoms. The smallest absolute Gasteiger partial charge is 0.323 e. The van der Waals surface area contributed by atoms with E-state index < -0.39 is 12.0 Å². The standard InChI is InChI=1S/C10H18N2O4/c1-16-6-8(10(14)15)12-4-2-7(3-5-12)9(11)13/h7-8H,2-6H2,1H3,(H2,11,13)(H,14,15). The Morgan fingerprint density at radius 1 is 1.50 bits per heavy atom. The number of hydrogen-bond acceptors (Lipinski definition) is 4. The summed E-state index contributed by atoms with van der Waals surface area (Å²) >= 11 is 0. The van der Waals surface area contributed by atoms with E-state index in [9.17, 15) is 9.59 Å². The lowest BCUT2D eigenvalue weighted by molar-refractivity contribution is -0.146. The topological polar surface area (TPSA) is 92.9 Å². The first-order valence-electron chi connectivity index (χ1n) is 5.31. The van der Waals surface area contributed by atoms with Gasteiger partial charge in [-0.3, -0.25) is 14.5 Å². The first kappa shape index (κ1) is 12.9. The number of methoxy groups -OCH3 is 1. The molecule has 0 aromatic heterocycles. The zero-order valence-electron chi connectivity index (χ0n) is 9.39. The summed E-state index contributed by atoms with van der Waals surface area (Å²) in [5.74, 6) is -1.30. The zero-order chi connectivity index (χ0) is 12.1.